The summed E-state index contributed by atoms with van der Waals surface area (Å²) in [7, 11) is -3.12. The quantitative estimate of drug-likeness (QED) is 0.129. The van der Waals surface area contributed by atoms with Crippen molar-refractivity contribution in [2.75, 3.05) is 0 Å². The molecule has 0 saturated heterocycles. The van der Waals surface area contributed by atoms with Crippen LogP contribution in [0.2, 0.25) is 0 Å². The lowest BCUT2D eigenvalue weighted by molar-refractivity contribution is 1.05. The van der Waals surface area contributed by atoms with Gasteiger partial charge in [0.15, 0.2) is 0 Å². The van der Waals surface area contributed by atoms with Crippen LogP contribution in [0, 0.1) is 11.5 Å². The van der Waals surface area contributed by atoms with E-state index in [1.54, 1.807) is 0 Å². The molecular formula is C49H34SSi. The van der Waals surface area contributed by atoms with Gasteiger partial charge >= 0.3 is 0 Å². The molecule has 0 aromatic heterocycles. The Hall–Kier alpha value is -5.85. The van der Waals surface area contributed by atoms with E-state index in [0.717, 1.165) is 12.0 Å². The molecule has 0 aliphatic carbocycles. The van der Waals surface area contributed by atoms with Crippen LogP contribution in [-0.2, 0) is 6.42 Å². The van der Waals surface area contributed by atoms with Crippen molar-refractivity contribution in [2.45, 2.75) is 16.2 Å². The maximum absolute atomic E-state index is 4.22. The van der Waals surface area contributed by atoms with E-state index in [9.17, 15) is 0 Å². The Morgan fingerprint density at radius 1 is 0.412 bits per heavy atom. The van der Waals surface area contributed by atoms with Crippen molar-refractivity contribution >= 4 is 46.6 Å². The summed E-state index contributed by atoms with van der Waals surface area (Å²) in [6.07, 6.45) is 0.927. The molecule has 9 rings (SSSR count). The highest BCUT2D eigenvalue weighted by atomic mass is 32.2. The molecule has 51 heavy (non-hydrogen) atoms. The van der Waals surface area contributed by atoms with Gasteiger partial charge in [-0.05, 0) is 90.8 Å². The first kappa shape index (κ1) is 31.2. The molecule has 0 amide bonds. The van der Waals surface area contributed by atoms with Crippen LogP contribution in [-0.4, -0.2) is 8.07 Å². The normalized spacial score (nSPS) is 14.4. The Morgan fingerprint density at radius 2 is 0.863 bits per heavy atom. The van der Waals surface area contributed by atoms with Gasteiger partial charge in [0.2, 0.25) is 8.07 Å². The van der Waals surface area contributed by atoms with Crippen LogP contribution in [0.4, 0.5) is 0 Å². The topological polar surface area (TPSA) is 0 Å². The summed E-state index contributed by atoms with van der Waals surface area (Å²) in [5.41, 5.74) is 15.4. The molecule has 0 fully saturated rings. The molecule has 7 aromatic rings. The molecule has 0 unspecified atom stereocenters. The molecule has 0 bridgehead atoms. The zero-order valence-electron chi connectivity index (χ0n) is 28.1. The predicted molar refractivity (Wildman–Crippen MR) is 218 cm³/mol. The van der Waals surface area contributed by atoms with Crippen LogP contribution in [0.5, 0.6) is 0 Å². The summed E-state index contributed by atoms with van der Waals surface area (Å²) in [5.74, 6) is 3.88. The smallest absolute Gasteiger partial charge is 0.109 e. The SMILES string of the molecule is C(#C[Si]1(c2ccccc2)C(c2ccccc2)=C(c2ccccc2)C(c2ccccc2)=C1c1ccccc1)c1ccc2c(c1)Cc1ccccc1S2. The first-order valence-electron chi connectivity index (χ1n) is 17.5. The second kappa shape index (κ2) is 13.5. The molecule has 2 heterocycles. The van der Waals surface area contributed by atoms with Crippen molar-refractivity contribution in [2.24, 2.45) is 0 Å². The van der Waals surface area contributed by atoms with Crippen molar-refractivity contribution in [3.63, 3.8) is 0 Å². The summed E-state index contributed by atoms with van der Waals surface area (Å²) < 4.78 is 0. The van der Waals surface area contributed by atoms with Crippen molar-refractivity contribution in [1.29, 1.82) is 0 Å². The molecule has 7 aromatic carbocycles. The summed E-state index contributed by atoms with van der Waals surface area (Å²) in [4.78, 5) is 2.67. The van der Waals surface area contributed by atoms with Gasteiger partial charge in [-0.3, -0.25) is 0 Å². The van der Waals surface area contributed by atoms with E-state index in [0.29, 0.717) is 0 Å². The van der Waals surface area contributed by atoms with Gasteiger partial charge in [-0.15, -0.1) is 5.54 Å². The van der Waals surface area contributed by atoms with Gasteiger partial charge < -0.3 is 0 Å². The molecular weight excluding hydrogens is 649 g/mol. The third kappa shape index (κ3) is 5.62. The number of fused-ring (bicyclic) bond motifs is 2. The van der Waals surface area contributed by atoms with Gasteiger partial charge in [0.25, 0.3) is 0 Å². The fourth-order valence-electron chi connectivity index (χ4n) is 7.78. The molecule has 0 spiro atoms. The van der Waals surface area contributed by atoms with Gasteiger partial charge in [0.1, 0.15) is 0 Å². The highest BCUT2D eigenvalue weighted by Crippen LogP contribution is 2.55. The van der Waals surface area contributed by atoms with Crippen molar-refractivity contribution in [3.8, 4) is 11.5 Å². The highest BCUT2D eigenvalue weighted by molar-refractivity contribution is 7.99. The fraction of sp³-hybridized carbons (Fsp3) is 0.0204. The number of hydrogen-bond donors (Lipinski definition) is 0. The van der Waals surface area contributed by atoms with E-state index in [4.69, 9.17) is 0 Å². The van der Waals surface area contributed by atoms with Crippen LogP contribution in [0.3, 0.4) is 0 Å². The Bertz CT molecular complexity index is 2390. The molecule has 0 radical (unpaired) electrons. The maximum atomic E-state index is 4.22. The van der Waals surface area contributed by atoms with Crippen molar-refractivity contribution in [1.82, 2.24) is 0 Å². The Balaban J connectivity index is 1.39. The maximum Gasteiger partial charge on any atom is 0.232 e. The van der Waals surface area contributed by atoms with E-state index in [-0.39, 0.29) is 0 Å². The minimum absolute atomic E-state index is 0.927. The van der Waals surface area contributed by atoms with Crippen molar-refractivity contribution < 1.29 is 0 Å². The lowest BCUT2D eigenvalue weighted by atomic mass is 9.89. The molecule has 240 valence electrons. The summed E-state index contributed by atoms with van der Waals surface area (Å²) >= 11 is 1.87. The average molecular weight is 683 g/mol. The van der Waals surface area contributed by atoms with Crippen LogP contribution in [0.1, 0.15) is 38.9 Å². The molecule has 2 heteroatoms. The second-order valence-electron chi connectivity index (χ2n) is 13.0. The molecule has 0 nitrogen and oxygen atoms in total. The lowest BCUT2D eigenvalue weighted by Gasteiger charge is -2.30. The van der Waals surface area contributed by atoms with Crippen LogP contribution >= 0.6 is 11.8 Å². The average Bonchev–Trinajstić information content (AvgIpc) is 3.53. The largest absolute Gasteiger partial charge is 0.232 e. The molecule has 0 atom stereocenters. The molecule has 2 aliphatic heterocycles. The number of allylic oxidation sites excluding steroid dienone is 2. The zero-order chi connectivity index (χ0) is 34.0. The predicted octanol–water partition coefficient (Wildman–Crippen LogP) is 11.3. The Morgan fingerprint density at radius 3 is 1.41 bits per heavy atom. The van der Waals surface area contributed by atoms with Gasteiger partial charge in [-0.25, -0.2) is 0 Å². The summed E-state index contributed by atoms with van der Waals surface area (Å²) in [6.45, 7) is 0. The molecule has 0 N–H and O–H groups in total. The van der Waals surface area contributed by atoms with Crippen LogP contribution in [0.15, 0.2) is 204 Å². The third-order valence-corrected chi connectivity index (χ3v) is 15.5. The Labute approximate surface area is 305 Å². The summed E-state index contributed by atoms with van der Waals surface area (Å²) in [5, 5.41) is 3.97. The monoisotopic (exact) mass is 682 g/mol. The van der Waals surface area contributed by atoms with Gasteiger partial charge in [-0.2, -0.15) is 0 Å². The second-order valence-corrected chi connectivity index (χ2v) is 17.5. The van der Waals surface area contributed by atoms with Gasteiger partial charge in [-0.1, -0.05) is 188 Å². The minimum Gasteiger partial charge on any atom is -0.109 e. The van der Waals surface area contributed by atoms with Crippen LogP contribution in [0.25, 0.3) is 21.5 Å². The molecule has 2 aliphatic rings. The van der Waals surface area contributed by atoms with E-state index < -0.39 is 8.07 Å². The highest BCUT2D eigenvalue weighted by Gasteiger charge is 2.51. The Kier molecular flexibility index (Phi) is 8.22. The molecule has 0 saturated carbocycles. The van der Waals surface area contributed by atoms with E-state index in [1.807, 2.05) is 11.8 Å². The number of benzene rings is 7. The van der Waals surface area contributed by atoms with E-state index >= 15 is 0 Å². The summed E-state index contributed by atoms with van der Waals surface area (Å²) in [6, 6.07) is 70.8. The first-order chi connectivity index (χ1) is 25.3. The number of rotatable bonds is 5. The first-order valence-corrected chi connectivity index (χ1v) is 20.3. The minimum atomic E-state index is -3.12. The fourth-order valence-corrected chi connectivity index (χ4v) is 13.6. The number of hydrogen-bond acceptors (Lipinski definition) is 1. The van der Waals surface area contributed by atoms with Crippen molar-refractivity contribution in [3.05, 3.63) is 233 Å². The van der Waals surface area contributed by atoms with E-state index in [1.165, 1.54) is 69.9 Å². The third-order valence-electron chi connectivity index (χ3n) is 9.98. The van der Waals surface area contributed by atoms with Gasteiger partial charge in [0.05, 0.1) is 0 Å². The van der Waals surface area contributed by atoms with Gasteiger partial charge in [0, 0.05) is 15.4 Å². The van der Waals surface area contributed by atoms with E-state index in [2.05, 4.69) is 206 Å². The zero-order valence-corrected chi connectivity index (χ0v) is 29.9. The lowest BCUT2D eigenvalue weighted by Crippen LogP contribution is -2.49. The van der Waals surface area contributed by atoms with Crippen LogP contribution < -0.4 is 5.19 Å². The standard InChI is InChI=1S/C49H34SSi/c1-6-18-37(19-7-1)46-47(38-20-8-2-9-21-38)49(40-24-12-4-13-25-40)51(43-27-14-5-15-28-43,48(46)39-22-10-3-11-23-39)33-32-36-30-31-45-42(34-36)35-41-26-16-17-29-44(41)50-45/h1-31,34H,35H2.